The number of benzene rings is 2. The molecule has 0 spiro atoms. The molecule has 0 saturated carbocycles. The Morgan fingerprint density at radius 1 is 1.30 bits per heavy atom. The molecule has 1 atom stereocenters. The van der Waals surface area contributed by atoms with E-state index in [1.54, 1.807) is 19.6 Å². The third-order valence-electron chi connectivity index (χ3n) is 4.21. The fourth-order valence-corrected chi connectivity index (χ4v) is 3.11. The van der Waals surface area contributed by atoms with E-state index in [0.717, 1.165) is 22.7 Å². The summed E-state index contributed by atoms with van der Waals surface area (Å²) in [7, 11) is 1.61. The highest BCUT2D eigenvalue weighted by molar-refractivity contribution is 6.28. The van der Waals surface area contributed by atoms with Crippen molar-refractivity contribution in [2.45, 2.75) is 12.5 Å². The molecule has 0 bridgehead atoms. The third kappa shape index (κ3) is 3.98. The van der Waals surface area contributed by atoms with Crippen LogP contribution in [0.25, 0.3) is 16.6 Å². The predicted molar refractivity (Wildman–Crippen MR) is 105 cm³/mol. The lowest BCUT2D eigenvalue weighted by Gasteiger charge is -2.18. The summed E-state index contributed by atoms with van der Waals surface area (Å²) < 4.78 is 27.0. The number of aliphatic imine (C=N–C) groups is 2. The lowest BCUT2D eigenvalue weighted by Crippen LogP contribution is -2.33. The van der Waals surface area contributed by atoms with Gasteiger partial charge in [-0.2, -0.15) is 0 Å². The van der Waals surface area contributed by atoms with Crippen LogP contribution in [0.2, 0.25) is 0 Å². The summed E-state index contributed by atoms with van der Waals surface area (Å²) in [5, 5.41) is 0. The zero-order valence-corrected chi connectivity index (χ0v) is 14.8. The minimum Gasteiger partial charge on any atom is -0.345 e. The normalized spacial score (nSPS) is 13.8. The number of aromatic nitrogens is 2. The van der Waals surface area contributed by atoms with Crippen LogP contribution in [-0.4, -0.2) is 35.5 Å². The van der Waals surface area contributed by atoms with Crippen LogP contribution >= 0.6 is 0 Å². The van der Waals surface area contributed by atoms with Gasteiger partial charge in [0.25, 0.3) is 0 Å². The number of H-pyrrole nitrogens is 1. The van der Waals surface area contributed by atoms with Gasteiger partial charge < -0.3 is 10.7 Å². The van der Waals surface area contributed by atoms with Gasteiger partial charge >= 0.3 is 0 Å². The Morgan fingerprint density at radius 3 is 2.70 bits per heavy atom. The highest BCUT2D eigenvalue weighted by atomic mass is 19.1. The molecule has 2 aromatic carbocycles. The fourth-order valence-electron chi connectivity index (χ4n) is 3.11. The largest absolute Gasteiger partial charge is 0.345 e. The predicted octanol–water partition coefficient (Wildman–Crippen LogP) is 3.52. The van der Waals surface area contributed by atoms with Crippen molar-refractivity contribution >= 4 is 29.0 Å². The molecule has 0 aliphatic heterocycles. The first-order chi connectivity index (χ1) is 13.0. The molecule has 0 radical (unpaired) electrons. The molecule has 0 aliphatic carbocycles. The molecule has 5 nitrogen and oxygen atoms in total. The van der Waals surface area contributed by atoms with E-state index >= 15 is 0 Å². The fraction of sp³-hybridized carbons (Fsp3) is 0.150. The van der Waals surface area contributed by atoms with Gasteiger partial charge in [0.05, 0.1) is 29.1 Å². The summed E-state index contributed by atoms with van der Waals surface area (Å²) in [5.41, 5.74) is 10.4. The number of nitrogens with one attached hydrogen (secondary N) is 1. The number of rotatable bonds is 6. The van der Waals surface area contributed by atoms with E-state index in [-0.39, 0.29) is 6.42 Å². The van der Waals surface area contributed by atoms with Crippen molar-refractivity contribution in [2.75, 3.05) is 7.05 Å². The van der Waals surface area contributed by atoms with Crippen molar-refractivity contribution in [1.29, 1.82) is 0 Å². The first-order valence-electron chi connectivity index (χ1n) is 8.29. The Morgan fingerprint density at radius 2 is 2.04 bits per heavy atom. The zero-order chi connectivity index (χ0) is 19.4. The van der Waals surface area contributed by atoms with E-state index < -0.39 is 17.7 Å². The van der Waals surface area contributed by atoms with Gasteiger partial charge in [-0.05, 0) is 36.9 Å². The Bertz CT molecular complexity index is 1020. The molecule has 1 aromatic heterocycles. The summed E-state index contributed by atoms with van der Waals surface area (Å²) >= 11 is 0. The van der Waals surface area contributed by atoms with Crippen LogP contribution in [0, 0.1) is 11.6 Å². The monoisotopic (exact) mass is 367 g/mol. The van der Waals surface area contributed by atoms with Crippen LogP contribution in [0.4, 0.5) is 8.78 Å². The maximum Gasteiger partial charge on any atom is 0.126 e. The number of nitrogens with zero attached hydrogens (tertiary/aromatic N) is 3. The van der Waals surface area contributed by atoms with E-state index in [0.29, 0.717) is 16.8 Å². The summed E-state index contributed by atoms with van der Waals surface area (Å²) in [6.07, 6.45) is 3.38. The summed E-state index contributed by atoms with van der Waals surface area (Å²) in [6, 6.07) is 8.43. The van der Waals surface area contributed by atoms with Crippen molar-refractivity contribution in [3.63, 3.8) is 0 Å². The molecule has 0 unspecified atom stereocenters. The average molecular weight is 367 g/mol. The number of hydrogen-bond acceptors (Lipinski definition) is 4. The number of halogens is 2. The van der Waals surface area contributed by atoms with Gasteiger partial charge in [0.15, 0.2) is 0 Å². The zero-order valence-electron chi connectivity index (χ0n) is 14.8. The molecule has 3 rings (SSSR count). The summed E-state index contributed by atoms with van der Waals surface area (Å²) in [6.45, 7) is 3.53. The van der Waals surface area contributed by atoms with Crippen molar-refractivity contribution in [3.8, 4) is 0 Å². The third-order valence-corrected chi connectivity index (χ3v) is 4.21. The second-order valence-corrected chi connectivity index (χ2v) is 6.03. The molecule has 138 valence electrons. The smallest absolute Gasteiger partial charge is 0.126 e. The van der Waals surface area contributed by atoms with Gasteiger partial charge in [0.2, 0.25) is 0 Å². The minimum atomic E-state index is -0.642. The van der Waals surface area contributed by atoms with Crippen LogP contribution in [-0.2, 0) is 6.42 Å². The van der Waals surface area contributed by atoms with E-state index in [1.807, 2.05) is 18.2 Å². The van der Waals surface area contributed by atoms with Gasteiger partial charge in [-0.25, -0.2) is 13.8 Å². The number of aromatic amines is 1. The van der Waals surface area contributed by atoms with Crippen LogP contribution in [0.5, 0.6) is 0 Å². The van der Waals surface area contributed by atoms with Crippen LogP contribution in [0.15, 0.2) is 58.9 Å². The second kappa shape index (κ2) is 8.01. The Kier molecular flexibility index (Phi) is 5.52. The molecule has 0 amide bonds. The topological polar surface area (TPSA) is 79.4 Å². The number of imidazole rings is 1. The lowest BCUT2D eigenvalue weighted by molar-refractivity contribution is 0.579. The molecule has 7 heteroatoms. The molecular weight excluding hydrogens is 348 g/mol. The highest BCUT2D eigenvalue weighted by Gasteiger charge is 2.20. The maximum absolute atomic E-state index is 13.5. The second-order valence-electron chi connectivity index (χ2n) is 6.03. The van der Waals surface area contributed by atoms with E-state index in [1.165, 1.54) is 12.1 Å². The first kappa shape index (κ1) is 18.6. The molecule has 3 aromatic rings. The van der Waals surface area contributed by atoms with Gasteiger partial charge in [0.1, 0.15) is 11.6 Å². The minimum absolute atomic E-state index is 0.215. The van der Waals surface area contributed by atoms with Crippen molar-refractivity contribution in [1.82, 2.24) is 9.97 Å². The number of hydrogen-bond donors (Lipinski definition) is 2. The van der Waals surface area contributed by atoms with E-state index in [2.05, 4.69) is 26.7 Å². The molecular formula is C20H19F2N5. The summed E-state index contributed by atoms with van der Waals surface area (Å²) in [4.78, 5) is 15.6. The van der Waals surface area contributed by atoms with Gasteiger partial charge in [0, 0.05) is 30.5 Å². The van der Waals surface area contributed by atoms with Crippen LogP contribution in [0.1, 0.15) is 11.1 Å². The van der Waals surface area contributed by atoms with Crippen molar-refractivity contribution in [2.24, 2.45) is 15.7 Å². The lowest BCUT2D eigenvalue weighted by atomic mass is 9.92. The van der Waals surface area contributed by atoms with E-state index in [9.17, 15) is 8.78 Å². The Hall–Kier alpha value is -3.19. The molecule has 0 saturated heterocycles. The van der Waals surface area contributed by atoms with Gasteiger partial charge in [-0.1, -0.05) is 12.1 Å². The number of fused-ring (bicyclic) bond motifs is 1. The maximum atomic E-state index is 13.5. The quantitative estimate of drug-likeness (QED) is 0.654. The van der Waals surface area contributed by atoms with Gasteiger partial charge in [-0.15, -0.1) is 0 Å². The molecule has 1 heterocycles. The highest BCUT2D eigenvalue weighted by Crippen LogP contribution is 2.26. The molecule has 0 aliphatic rings. The summed E-state index contributed by atoms with van der Waals surface area (Å²) in [5.74, 6) is -1.28. The first-order valence-corrected chi connectivity index (χ1v) is 8.29. The number of nitrogens with two attached hydrogens (primary N) is 1. The van der Waals surface area contributed by atoms with Crippen LogP contribution in [0.3, 0.4) is 0 Å². The molecule has 0 fully saturated rings. The average Bonchev–Trinajstić information content (AvgIpc) is 3.09. The molecule has 27 heavy (non-hydrogen) atoms. The standard InChI is InChI=1S/C20H19F2N5/c1-24-10-16(15-4-3-5-18-20(15)27-11-26-18)19(25-2)17(23)8-12-6-13(21)9-14(22)7-12/h3-7,9-11,17H,1,8,23H2,2H3,(H,26,27)/b16-10-,25-19+/t17-/m0/s1. The van der Waals surface area contributed by atoms with E-state index in [4.69, 9.17) is 5.73 Å². The van der Waals surface area contributed by atoms with Gasteiger partial charge in [-0.3, -0.25) is 9.98 Å². The Balaban J connectivity index is 1.99. The SMILES string of the molecule is C=N/C=C(\C(=N/C)[C@@H](N)Cc1cc(F)cc(F)c1)c1cccc2[nH]cnc12. The van der Waals surface area contributed by atoms with Crippen LogP contribution < -0.4 is 5.73 Å². The number of para-hydroxylation sites is 1. The van der Waals surface area contributed by atoms with Crippen molar-refractivity contribution in [3.05, 3.63) is 71.7 Å². The Labute approximate surface area is 155 Å². The molecule has 3 N–H and O–H groups in total. The van der Waals surface area contributed by atoms with Crippen molar-refractivity contribution < 1.29 is 8.78 Å².